The molecule has 6 heteroatoms. The molecule has 5 nitrogen and oxygen atoms in total. The normalized spacial score (nSPS) is 11.9. The number of benzene rings is 1. The SMILES string of the molecule is COCCN(C)S(=O)(=O)c1ccccc1N. The largest absolute Gasteiger partial charge is 0.398 e. The molecule has 0 atom stereocenters. The molecule has 90 valence electrons. The molecule has 0 saturated carbocycles. The van der Waals surface area contributed by atoms with Gasteiger partial charge in [-0.25, -0.2) is 8.42 Å². The number of ether oxygens (including phenoxy) is 1. The maximum atomic E-state index is 12.0. The number of anilines is 1. The van der Waals surface area contributed by atoms with Crippen LogP contribution in [-0.4, -0.2) is 40.0 Å². The average molecular weight is 244 g/mol. The summed E-state index contributed by atoms with van der Waals surface area (Å²) < 4.78 is 30.2. The monoisotopic (exact) mass is 244 g/mol. The molecule has 0 saturated heterocycles. The second kappa shape index (κ2) is 5.29. The summed E-state index contributed by atoms with van der Waals surface area (Å²) in [5.41, 5.74) is 5.89. The van der Waals surface area contributed by atoms with Crippen molar-refractivity contribution in [3.8, 4) is 0 Å². The average Bonchev–Trinajstić information content (AvgIpc) is 2.26. The van der Waals surface area contributed by atoms with Gasteiger partial charge in [-0.05, 0) is 12.1 Å². The minimum absolute atomic E-state index is 0.133. The van der Waals surface area contributed by atoms with Crippen LogP contribution in [0.1, 0.15) is 0 Å². The zero-order valence-corrected chi connectivity index (χ0v) is 10.2. The van der Waals surface area contributed by atoms with E-state index in [1.54, 1.807) is 18.2 Å². The highest BCUT2D eigenvalue weighted by molar-refractivity contribution is 7.89. The lowest BCUT2D eigenvalue weighted by atomic mass is 10.3. The first-order chi connectivity index (χ1) is 7.50. The van der Waals surface area contributed by atoms with Gasteiger partial charge in [0.05, 0.1) is 12.3 Å². The number of likely N-dealkylation sites (N-methyl/N-ethyl adjacent to an activating group) is 1. The molecule has 0 aliphatic carbocycles. The molecule has 2 N–H and O–H groups in total. The summed E-state index contributed by atoms with van der Waals surface area (Å²) in [6, 6.07) is 6.40. The van der Waals surface area contributed by atoms with Gasteiger partial charge in [-0.1, -0.05) is 12.1 Å². The van der Waals surface area contributed by atoms with Gasteiger partial charge < -0.3 is 10.5 Å². The van der Waals surface area contributed by atoms with Crippen molar-refractivity contribution in [2.24, 2.45) is 0 Å². The fourth-order valence-electron chi connectivity index (χ4n) is 1.22. The number of nitrogen functional groups attached to an aromatic ring is 1. The minimum Gasteiger partial charge on any atom is -0.398 e. The Labute approximate surface area is 95.9 Å². The lowest BCUT2D eigenvalue weighted by molar-refractivity contribution is 0.185. The van der Waals surface area contributed by atoms with Crippen molar-refractivity contribution in [3.05, 3.63) is 24.3 Å². The summed E-state index contributed by atoms with van der Waals surface area (Å²) in [6.45, 7) is 0.648. The molecule has 0 heterocycles. The summed E-state index contributed by atoms with van der Waals surface area (Å²) in [7, 11) is -0.488. The number of nitrogens with two attached hydrogens (primary N) is 1. The number of para-hydroxylation sites is 1. The Balaban J connectivity index is 2.98. The van der Waals surface area contributed by atoms with E-state index in [9.17, 15) is 8.42 Å². The van der Waals surface area contributed by atoms with Crippen molar-refractivity contribution in [2.45, 2.75) is 4.90 Å². The molecule has 0 unspecified atom stereocenters. The Kier molecular flexibility index (Phi) is 4.28. The summed E-state index contributed by atoms with van der Waals surface area (Å²) in [6.07, 6.45) is 0. The topological polar surface area (TPSA) is 72.6 Å². The van der Waals surface area contributed by atoms with Crippen LogP contribution in [0.4, 0.5) is 5.69 Å². The summed E-state index contributed by atoms with van der Waals surface area (Å²) in [5.74, 6) is 0. The van der Waals surface area contributed by atoms with E-state index in [1.165, 1.54) is 24.5 Å². The van der Waals surface area contributed by atoms with Crippen LogP contribution in [0.5, 0.6) is 0 Å². The van der Waals surface area contributed by atoms with Gasteiger partial charge in [0, 0.05) is 20.7 Å². The van der Waals surface area contributed by atoms with Crippen LogP contribution >= 0.6 is 0 Å². The first-order valence-corrected chi connectivity index (χ1v) is 6.24. The van der Waals surface area contributed by atoms with Crippen LogP contribution in [-0.2, 0) is 14.8 Å². The Hall–Kier alpha value is -1.11. The molecule has 1 aromatic rings. The van der Waals surface area contributed by atoms with E-state index in [-0.39, 0.29) is 10.6 Å². The van der Waals surface area contributed by atoms with Crippen molar-refractivity contribution in [2.75, 3.05) is 33.0 Å². The van der Waals surface area contributed by atoms with Gasteiger partial charge >= 0.3 is 0 Å². The van der Waals surface area contributed by atoms with Crippen LogP contribution in [0.15, 0.2) is 29.2 Å². The summed E-state index contributed by atoms with van der Waals surface area (Å²) in [5, 5.41) is 0. The van der Waals surface area contributed by atoms with Gasteiger partial charge in [-0.15, -0.1) is 0 Å². The summed E-state index contributed by atoms with van der Waals surface area (Å²) >= 11 is 0. The Morgan fingerprint density at radius 3 is 2.56 bits per heavy atom. The maximum Gasteiger partial charge on any atom is 0.244 e. The third-order valence-electron chi connectivity index (χ3n) is 2.22. The van der Waals surface area contributed by atoms with Crippen molar-refractivity contribution in [1.29, 1.82) is 0 Å². The Morgan fingerprint density at radius 2 is 2.00 bits per heavy atom. The quantitative estimate of drug-likeness (QED) is 0.767. The highest BCUT2D eigenvalue weighted by atomic mass is 32.2. The molecule has 16 heavy (non-hydrogen) atoms. The number of hydrogen-bond donors (Lipinski definition) is 1. The number of hydrogen-bond acceptors (Lipinski definition) is 4. The van der Waals surface area contributed by atoms with Crippen LogP contribution < -0.4 is 5.73 Å². The fourth-order valence-corrected chi connectivity index (χ4v) is 2.49. The third kappa shape index (κ3) is 2.72. The fraction of sp³-hybridized carbons (Fsp3) is 0.400. The molecule has 0 bridgehead atoms. The molecule has 1 aromatic carbocycles. The molecule has 0 aliphatic rings. The predicted molar refractivity (Wildman–Crippen MR) is 62.5 cm³/mol. The van der Waals surface area contributed by atoms with E-state index in [0.717, 1.165) is 0 Å². The van der Waals surface area contributed by atoms with E-state index in [1.807, 2.05) is 0 Å². The van der Waals surface area contributed by atoms with Gasteiger partial charge in [0.25, 0.3) is 0 Å². The second-order valence-corrected chi connectivity index (χ2v) is 5.37. The number of sulfonamides is 1. The zero-order valence-electron chi connectivity index (χ0n) is 9.38. The lowest BCUT2D eigenvalue weighted by Crippen LogP contribution is -2.30. The molecule has 0 aromatic heterocycles. The molecular weight excluding hydrogens is 228 g/mol. The predicted octanol–water partition coefficient (Wildman–Crippen LogP) is 0.536. The second-order valence-electron chi connectivity index (χ2n) is 3.36. The van der Waals surface area contributed by atoms with Crippen molar-refractivity contribution >= 4 is 15.7 Å². The van der Waals surface area contributed by atoms with Gasteiger partial charge in [0.1, 0.15) is 4.90 Å². The van der Waals surface area contributed by atoms with Crippen LogP contribution in [0, 0.1) is 0 Å². The van der Waals surface area contributed by atoms with E-state index in [2.05, 4.69) is 0 Å². The molecule has 0 amide bonds. The minimum atomic E-state index is -3.51. The number of rotatable bonds is 5. The third-order valence-corrected chi connectivity index (χ3v) is 4.15. The first kappa shape index (κ1) is 13.0. The van der Waals surface area contributed by atoms with Gasteiger partial charge in [0.15, 0.2) is 0 Å². The number of nitrogens with zero attached hydrogens (tertiary/aromatic N) is 1. The van der Waals surface area contributed by atoms with Gasteiger partial charge in [-0.3, -0.25) is 0 Å². The molecule has 0 fully saturated rings. The highest BCUT2D eigenvalue weighted by Crippen LogP contribution is 2.20. The van der Waals surface area contributed by atoms with E-state index in [0.29, 0.717) is 13.2 Å². The molecule has 1 rings (SSSR count). The van der Waals surface area contributed by atoms with Crippen LogP contribution in [0.3, 0.4) is 0 Å². The van der Waals surface area contributed by atoms with Crippen LogP contribution in [0.2, 0.25) is 0 Å². The van der Waals surface area contributed by atoms with Crippen molar-refractivity contribution in [1.82, 2.24) is 4.31 Å². The lowest BCUT2D eigenvalue weighted by Gasteiger charge is -2.17. The van der Waals surface area contributed by atoms with Gasteiger partial charge in [0.2, 0.25) is 10.0 Å². The van der Waals surface area contributed by atoms with E-state index >= 15 is 0 Å². The Morgan fingerprint density at radius 1 is 1.38 bits per heavy atom. The number of methoxy groups -OCH3 is 1. The van der Waals surface area contributed by atoms with Crippen LogP contribution in [0.25, 0.3) is 0 Å². The molecular formula is C10H16N2O3S. The van der Waals surface area contributed by atoms with Crippen molar-refractivity contribution < 1.29 is 13.2 Å². The Bertz CT molecular complexity index is 445. The standard InChI is InChI=1S/C10H16N2O3S/c1-12(7-8-15-2)16(13,14)10-6-4-3-5-9(10)11/h3-6H,7-8,11H2,1-2H3. The molecule has 0 spiro atoms. The summed E-state index contributed by atoms with van der Waals surface area (Å²) in [4.78, 5) is 0.133. The van der Waals surface area contributed by atoms with Crippen molar-refractivity contribution in [3.63, 3.8) is 0 Å². The zero-order chi connectivity index (χ0) is 12.2. The van der Waals surface area contributed by atoms with Gasteiger partial charge in [-0.2, -0.15) is 4.31 Å². The maximum absolute atomic E-state index is 12.0. The molecule has 0 radical (unpaired) electrons. The van der Waals surface area contributed by atoms with E-state index < -0.39 is 10.0 Å². The highest BCUT2D eigenvalue weighted by Gasteiger charge is 2.22. The molecule has 0 aliphatic heterocycles. The van der Waals surface area contributed by atoms with E-state index in [4.69, 9.17) is 10.5 Å². The first-order valence-electron chi connectivity index (χ1n) is 4.80. The smallest absolute Gasteiger partial charge is 0.244 e.